The van der Waals surface area contributed by atoms with E-state index in [1.165, 1.54) is 25.7 Å². The van der Waals surface area contributed by atoms with Crippen molar-refractivity contribution < 1.29 is 0 Å². The monoisotopic (exact) mass is 330 g/mol. The third kappa shape index (κ3) is 4.00. The standard InChI is InChI=1S/C15H20Cl2N2S/c1-2-12-6-4-3-5-9-19(12)15(20)18-11-7-8-13(16)14(17)10-11/h7-8,10,12H,2-6,9H2,1H3,(H,18,20). The maximum atomic E-state index is 6.04. The molecule has 1 aromatic rings. The first-order valence-corrected chi connectivity index (χ1v) is 8.31. The normalized spacial score (nSPS) is 19.6. The van der Waals surface area contributed by atoms with Gasteiger partial charge in [0, 0.05) is 18.3 Å². The van der Waals surface area contributed by atoms with Gasteiger partial charge in [0.05, 0.1) is 10.0 Å². The Morgan fingerprint density at radius 3 is 2.80 bits per heavy atom. The van der Waals surface area contributed by atoms with Gasteiger partial charge in [-0.1, -0.05) is 43.0 Å². The number of likely N-dealkylation sites (tertiary alicyclic amines) is 1. The number of nitrogens with one attached hydrogen (secondary N) is 1. The zero-order valence-electron chi connectivity index (χ0n) is 11.7. The van der Waals surface area contributed by atoms with Gasteiger partial charge in [-0.3, -0.25) is 0 Å². The van der Waals surface area contributed by atoms with Crippen molar-refractivity contribution in [1.29, 1.82) is 0 Å². The van der Waals surface area contributed by atoms with Crippen LogP contribution in [-0.4, -0.2) is 22.6 Å². The van der Waals surface area contributed by atoms with Crippen LogP contribution < -0.4 is 5.32 Å². The summed E-state index contributed by atoms with van der Waals surface area (Å²) >= 11 is 17.5. The second-order valence-electron chi connectivity index (χ2n) is 5.16. The van der Waals surface area contributed by atoms with E-state index in [0.29, 0.717) is 16.1 Å². The van der Waals surface area contributed by atoms with E-state index in [1.807, 2.05) is 12.1 Å². The summed E-state index contributed by atoms with van der Waals surface area (Å²) in [7, 11) is 0. The Hall–Kier alpha value is -0.510. The number of nitrogens with zero attached hydrogens (tertiary/aromatic N) is 1. The average Bonchev–Trinajstić information content (AvgIpc) is 2.68. The van der Waals surface area contributed by atoms with Crippen LogP contribution in [0, 0.1) is 0 Å². The third-order valence-corrected chi connectivity index (χ3v) is 4.86. The molecule has 2 rings (SSSR count). The second-order valence-corrected chi connectivity index (χ2v) is 6.36. The lowest BCUT2D eigenvalue weighted by Gasteiger charge is -2.32. The highest BCUT2D eigenvalue weighted by atomic mass is 35.5. The van der Waals surface area contributed by atoms with Crippen molar-refractivity contribution >= 4 is 46.2 Å². The minimum absolute atomic E-state index is 0.542. The maximum Gasteiger partial charge on any atom is 0.173 e. The molecule has 1 N–H and O–H groups in total. The van der Waals surface area contributed by atoms with Gasteiger partial charge in [-0.05, 0) is 49.7 Å². The highest BCUT2D eigenvalue weighted by Crippen LogP contribution is 2.26. The van der Waals surface area contributed by atoms with Crippen LogP contribution in [0.25, 0.3) is 0 Å². The zero-order valence-corrected chi connectivity index (χ0v) is 14.0. The summed E-state index contributed by atoms with van der Waals surface area (Å²) in [6, 6.07) is 6.04. The van der Waals surface area contributed by atoms with Crippen molar-refractivity contribution in [2.24, 2.45) is 0 Å². The van der Waals surface area contributed by atoms with Crippen LogP contribution in [0.5, 0.6) is 0 Å². The van der Waals surface area contributed by atoms with Gasteiger partial charge in [-0.25, -0.2) is 0 Å². The van der Waals surface area contributed by atoms with E-state index in [-0.39, 0.29) is 0 Å². The molecule has 5 heteroatoms. The second kappa shape index (κ2) is 7.48. The molecule has 1 aromatic carbocycles. The van der Waals surface area contributed by atoms with Gasteiger partial charge in [-0.15, -0.1) is 0 Å². The SMILES string of the molecule is CCC1CCCCCN1C(=S)Nc1ccc(Cl)c(Cl)c1. The van der Waals surface area contributed by atoms with Gasteiger partial charge in [-0.2, -0.15) is 0 Å². The largest absolute Gasteiger partial charge is 0.346 e. The quantitative estimate of drug-likeness (QED) is 0.736. The molecule has 1 aliphatic rings. The number of rotatable bonds is 2. The summed E-state index contributed by atoms with van der Waals surface area (Å²) in [5.41, 5.74) is 0.892. The lowest BCUT2D eigenvalue weighted by Crippen LogP contribution is -2.42. The molecular weight excluding hydrogens is 311 g/mol. The topological polar surface area (TPSA) is 15.3 Å². The van der Waals surface area contributed by atoms with Crippen molar-refractivity contribution in [3.8, 4) is 0 Å². The van der Waals surface area contributed by atoms with Gasteiger partial charge in [0.1, 0.15) is 0 Å². The van der Waals surface area contributed by atoms with Crippen LogP contribution in [0.2, 0.25) is 10.0 Å². The summed E-state index contributed by atoms with van der Waals surface area (Å²) in [6.07, 6.45) is 6.15. The number of anilines is 1. The van der Waals surface area contributed by atoms with E-state index in [0.717, 1.165) is 23.8 Å². The van der Waals surface area contributed by atoms with Crippen molar-refractivity contribution in [2.75, 3.05) is 11.9 Å². The molecule has 0 amide bonds. The summed E-state index contributed by atoms with van der Waals surface area (Å²) < 4.78 is 0. The lowest BCUT2D eigenvalue weighted by molar-refractivity contribution is 0.311. The minimum Gasteiger partial charge on any atom is -0.346 e. The summed E-state index contributed by atoms with van der Waals surface area (Å²) in [6.45, 7) is 3.26. The summed E-state index contributed by atoms with van der Waals surface area (Å²) in [5.74, 6) is 0. The van der Waals surface area contributed by atoms with Gasteiger partial charge in [0.15, 0.2) is 5.11 Å². The minimum atomic E-state index is 0.542. The zero-order chi connectivity index (χ0) is 14.5. The summed E-state index contributed by atoms with van der Waals surface area (Å²) in [4.78, 5) is 2.32. The highest BCUT2D eigenvalue weighted by Gasteiger charge is 2.21. The molecule has 1 atom stereocenters. The van der Waals surface area contributed by atoms with Crippen molar-refractivity contribution in [2.45, 2.75) is 45.1 Å². The van der Waals surface area contributed by atoms with Crippen LogP contribution in [0.3, 0.4) is 0 Å². The summed E-state index contributed by atoms with van der Waals surface area (Å²) in [5, 5.41) is 5.18. The molecule has 0 aromatic heterocycles. The Balaban J connectivity index is 2.07. The van der Waals surface area contributed by atoms with E-state index in [4.69, 9.17) is 35.4 Å². The van der Waals surface area contributed by atoms with Crippen LogP contribution in [0.1, 0.15) is 39.0 Å². The van der Waals surface area contributed by atoms with Crippen molar-refractivity contribution in [3.05, 3.63) is 28.2 Å². The molecule has 0 saturated carbocycles. The molecular formula is C15H20Cl2N2S. The first-order chi connectivity index (χ1) is 9.61. The molecule has 0 aliphatic carbocycles. The van der Waals surface area contributed by atoms with Crippen molar-refractivity contribution in [1.82, 2.24) is 4.90 Å². The van der Waals surface area contributed by atoms with Crippen LogP contribution in [0.15, 0.2) is 18.2 Å². The number of benzene rings is 1. The first kappa shape index (κ1) is 15.9. The molecule has 1 fully saturated rings. The molecule has 1 saturated heterocycles. The maximum absolute atomic E-state index is 6.04. The van der Waals surface area contributed by atoms with E-state index in [9.17, 15) is 0 Å². The van der Waals surface area contributed by atoms with Gasteiger partial charge >= 0.3 is 0 Å². The molecule has 0 bridgehead atoms. The molecule has 20 heavy (non-hydrogen) atoms. The van der Waals surface area contributed by atoms with Crippen LogP contribution >= 0.6 is 35.4 Å². The van der Waals surface area contributed by atoms with Crippen LogP contribution in [-0.2, 0) is 0 Å². The molecule has 0 spiro atoms. The fraction of sp³-hybridized carbons (Fsp3) is 0.533. The smallest absolute Gasteiger partial charge is 0.173 e. The Bertz CT molecular complexity index is 479. The fourth-order valence-electron chi connectivity index (χ4n) is 2.64. The first-order valence-electron chi connectivity index (χ1n) is 7.14. The Morgan fingerprint density at radius 1 is 1.30 bits per heavy atom. The van der Waals surface area contributed by atoms with Gasteiger partial charge < -0.3 is 10.2 Å². The molecule has 0 radical (unpaired) electrons. The van der Waals surface area contributed by atoms with Crippen molar-refractivity contribution in [3.63, 3.8) is 0 Å². The number of hydrogen-bond acceptors (Lipinski definition) is 1. The van der Waals surface area contributed by atoms with E-state index in [1.54, 1.807) is 6.07 Å². The fourth-order valence-corrected chi connectivity index (χ4v) is 3.29. The van der Waals surface area contributed by atoms with E-state index in [2.05, 4.69) is 17.1 Å². The predicted octanol–water partition coefficient (Wildman–Crippen LogP) is 5.34. The number of halogens is 2. The Kier molecular flexibility index (Phi) is 5.94. The van der Waals surface area contributed by atoms with E-state index < -0.39 is 0 Å². The van der Waals surface area contributed by atoms with E-state index >= 15 is 0 Å². The van der Waals surface area contributed by atoms with Gasteiger partial charge in [0.2, 0.25) is 0 Å². The lowest BCUT2D eigenvalue weighted by atomic mass is 10.1. The Labute approximate surface area is 136 Å². The third-order valence-electron chi connectivity index (χ3n) is 3.78. The number of thiocarbonyl (C=S) groups is 1. The average molecular weight is 331 g/mol. The van der Waals surface area contributed by atoms with Gasteiger partial charge in [0.25, 0.3) is 0 Å². The molecule has 2 nitrogen and oxygen atoms in total. The number of hydrogen-bond donors (Lipinski definition) is 1. The molecule has 1 unspecified atom stereocenters. The predicted molar refractivity (Wildman–Crippen MR) is 91.9 cm³/mol. The highest BCUT2D eigenvalue weighted by molar-refractivity contribution is 7.80. The molecule has 110 valence electrons. The van der Waals surface area contributed by atoms with Crippen LogP contribution in [0.4, 0.5) is 5.69 Å². The molecule has 1 heterocycles. The Morgan fingerprint density at radius 2 is 2.10 bits per heavy atom. The molecule has 1 aliphatic heterocycles.